The first-order valence-electron chi connectivity index (χ1n) is 8.67. The second-order valence-electron chi connectivity index (χ2n) is 7.70. The van der Waals surface area contributed by atoms with E-state index in [9.17, 15) is 0 Å². The molecule has 2 aliphatic heterocycles. The van der Waals surface area contributed by atoms with Crippen LogP contribution in [-0.4, -0.2) is 43.3 Å². The van der Waals surface area contributed by atoms with E-state index < -0.39 is 0 Å². The predicted molar refractivity (Wildman–Crippen MR) is 87.8 cm³/mol. The number of nitrogens with one attached hydrogen (secondary N) is 1. The molecule has 2 saturated heterocycles. The summed E-state index contributed by atoms with van der Waals surface area (Å²) < 4.78 is 11.4. The second kappa shape index (κ2) is 6.73. The van der Waals surface area contributed by atoms with Crippen LogP contribution in [0.3, 0.4) is 0 Å². The van der Waals surface area contributed by atoms with Crippen LogP contribution in [0.25, 0.3) is 0 Å². The number of rotatable bonds is 6. The van der Waals surface area contributed by atoms with E-state index in [0.717, 1.165) is 38.3 Å². The number of hydrogen-bond donors (Lipinski definition) is 1. The molecule has 4 heteroatoms. The van der Waals surface area contributed by atoms with Gasteiger partial charge in [0.2, 0.25) is 0 Å². The normalized spacial score (nSPS) is 29.0. The molecular weight excluding hydrogens is 276 g/mol. The minimum absolute atomic E-state index is 0.00959. The molecule has 22 heavy (non-hydrogen) atoms. The van der Waals surface area contributed by atoms with Crippen molar-refractivity contribution in [3.63, 3.8) is 0 Å². The van der Waals surface area contributed by atoms with E-state index in [0.29, 0.717) is 5.41 Å². The summed E-state index contributed by atoms with van der Waals surface area (Å²) in [7, 11) is 0. The van der Waals surface area contributed by atoms with Crippen LogP contribution >= 0.6 is 0 Å². The van der Waals surface area contributed by atoms with Crippen molar-refractivity contribution in [1.29, 1.82) is 0 Å². The summed E-state index contributed by atoms with van der Waals surface area (Å²) in [4.78, 5) is 2.65. The maximum absolute atomic E-state index is 5.97. The molecule has 124 valence electrons. The van der Waals surface area contributed by atoms with Gasteiger partial charge in [0.05, 0.1) is 18.4 Å². The van der Waals surface area contributed by atoms with Gasteiger partial charge in [-0.1, -0.05) is 0 Å². The van der Waals surface area contributed by atoms with Gasteiger partial charge >= 0.3 is 0 Å². The molecule has 1 aromatic rings. The maximum Gasteiger partial charge on any atom is 0.117 e. The van der Waals surface area contributed by atoms with Crippen molar-refractivity contribution in [1.82, 2.24) is 10.2 Å². The van der Waals surface area contributed by atoms with Crippen LogP contribution in [0.1, 0.15) is 45.3 Å². The summed E-state index contributed by atoms with van der Waals surface area (Å²) in [5.41, 5.74) is 0.309. The fourth-order valence-corrected chi connectivity index (χ4v) is 4.21. The second-order valence-corrected chi connectivity index (χ2v) is 7.70. The Morgan fingerprint density at radius 1 is 1.27 bits per heavy atom. The third kappa shape index (κ3) is 4.12. The van der Waals surface area contributed by atoms with Gasteiger partial charge in [0.25, 0.3) is 0 Å². The predicted octanol–water partition coefficient (Wildman–Crippen LogP) is 3.04. The van der Waals surface area contributed by atoms with Crippen LogP contribution in [0.2, 0.25) is 0 Å². The standard InChI is InChI=1S/C18H30N2O2/c1-17(2)13-18(7-11-22-17,15-20-8-3-4-9-20)14-19-12-16-6-5-10-21-16/h5-6,10,19H,3-4,7-9,11-15H2,1-2H3/t18-/m1/s1. The van der Waals surface area contributed by atoms with Crippen LogP contribution in [0.5, 0.6) is 0 Å². The Kier molecular flexibility index (Phi) is 4.91. The SMILES string of the molecule is CC1(C)C[C@](CNCc2ccco2)(CN2CCCC2)CCO1. The molecule has 0 aliphatic carbocycles. The van der Waals surface area contributed by atoms with E-state index in [1.165, 1.54) is 32.5 Å². The van der Waals surface area contributed by atoms with Crippen molar-refractivity contribution in [3.05, 3.63) is 24.2 Å². The van der Waals surface area contributed by atoms with Crippen LogP contribution < -0.4 is 5.32 Å². The average Bonchev–Trinajstić information content (AvgIpc) is 3.11. The van der Waals surface area contributed by atoms with Crippen LogP contribution in [0.15, 0.2) is 22.8 Å². The van der Waals surface area contributed by atoms with E-state index in [4.69, 9.17) is 9.15 Å². The van der Waals surface area contributed by atoms with Crippen LogP contribution in [0.4, 0.5) is 0 Å². The Morgan fingerprint density at radius 2 is 2.09 bits per heavy atom. The molecule has 4 nitrogen and oxygen atoms in total. The molecule has 0 spiro atoms. The molecule has 3 rings (SSSR count). The highest BCUT2D eigenvalue weighted by Crippen LogP contribution is 2.39. The molecule has 2 aliphatic rings. The lowest BCUT2D eigenvalue weighted by Crippen LogP contribution is -2.51. The van der Waals surface area contributed by atoms with Crippen molar-refractivity contribution in [2.75, 3.05) is 32.8 Å². The van der Waals surface area contributed by atoms with Gasteiger partial charge in [0.1, 0.15) is 5.76 Å². The number of ether oxygens (including phenoxy) is 1. The summed E-state index contributed by atoms with van der Waals surface area (Å²) in [5.74, 6) is 1.02. The molecule has 2 fully saturated rings. The Hall–Kier alpha value is -0.840. The molecule has 0 bridgehead atoms. The molecule has 3 heterocycles. The molecule has 0 unspecified atom stereocenters. The molecule has 0 amide bonds. The van der Waals surface area contributed by atoms with Crippen LogP contribution in [-0.2, 0) is 11.3 Å². The largest absolute Gasteiger partial charge is 0.468 e. The van der Waals surface area contributed by atoms with Gasteiger partial charge < -0.3 is 19.4 Å². The smallest absolute Gasteiger partial charge is 0.117 e. The molecule has 0 radical (unpaired) electrons. The summed E-state index contributed by atoms with van der Waals surface area (Å²) in [6.07, 6.45) is 6.74. The van der Waals surface area contributed by atoms with E-state index in [-0.39, 0.29) is 5.60 Å². The summed E-state index contributed by atoms with van der Waals surface area (Å²) in [6, 6.07) is 3.99. The summed E-state index contributed by atoms with van der Waals surface area (Å²) in [6.45, 7) is 10.9. The Labute approximate surface area is 134 Å². The fraction of sp³-hybridized carbons (Fsp3) is 0.778. The zero-order valence-electron chi connectivity index (χ0n) is 14.1. The molecular formula is C18H30N2O2. The average molecular weight is 306 g/mol. The maximum atomic E-state index is 5.97. The molecule has 1 aromatic heterocycles. The lowest BCUT2D eigenvalue weighted by Gasteiger charge is -2.46. The minimum Gasteiger partial charge on any atom is -0.468 e. The minimum atomic E-state index is -0.00959. The van der Waals surface area contributed by atoms with Crippen molar-refractivity contribution in [2.24, 2.45) is 5.41 Å². The Bertz CT molecular complexity index is 452. The highest BCUT2D eigenvalue weighted by Gasteiger charge is 2.41. The van der Waals surface area contributed by atoms with Gasteiger partial charge in [-0.25, -0.2) is 0 Å². The first kappa shape index (κ1) is 16.0. The zero-order chi connectivity index (χ0) is 15.5. The molecule has 1 N–H and O–H groups in total. The number of likely N-dealkylation sites (tertiary alicyclic amines) is 1. The first-order valence-corrected chi connectivity index (χ1v) is 8.67. The number of furan rings is 1. The van der Waals surface area contributed by atoms with Gasteiger partial charge in [-0.15, -0.1) is 0 Å². The molecule has 1 atom stereocenters. The molecule has 0 saturated carbocycles. The van der Waals surface area contributed by atoms with Crippen molar-refractivity contribution >= 4 is 0 Å². The topological polar surface area (TPSA) is 37.6 Å². The highest BCUT2D eigenvalue weighted by molar-refractivity contribution is 4.99. The van der Waals surface area contributed by atoms with Gasteiger partial charge in [-0.05, 0) is 64.8 Å². The van der Waals surface area contributed by atoms with Gasteiger partial charge in [0.15, 0.2) is 0 Å². The van der Waals surface area contributed by atoms with Crippen molar-refractivity contribution in [3.8, 4) is 0 Å². The summed E-state index contributed by atoms with van der Waals surface area (Å²) in [5, 5.41) is 3.63. The van der Waals surface area contributed by atoms with E-state index in [2.05, 4.69) is 24.1 Å². The first-order chi connectivity index (χ1) is 10.6. The third-order valence-corrected chi connectivity index (χ3v) is 5.06. The fourth-order valence-electron chi connectivity index (χ4n) is 4.21. The van der Waals surface area contributed by atoms with Gasteiger partial charge in [-0.3, -0.25) is 0 Å². The third-order valence-electron chi connectivity index (χ3n) is 5.06. The molecule has 0 aromatic carbocycles. The highest BCUT2D eigenvalue weighted by atomic mass is 16.5. The quantitative estimate of drug-likeness (QED) is 0.876. The zero-order valence-corrected chi connectivity index (χ0v) is 14.1. The van der Waals surface area contributed by atoms with Crippen LogP contribution in [0, 0.1) is 5.41 Å². The number of nitrogens with zero attached hydrogens (tertiary/aromatic N) is 1. The lowest BCUT2D eigenvalue weighted by molar-refractivity contribution is -0.110. The van der Waals surface area contributed by atoms with Gasteiger partial charge in [0, 0.05) is 25.1 Å². The van der Waals surface area contributed by atoms with Crippen molar-refractivity contribution < 1.29 is 9.15 Å². The Morgan fingerprint density at radius 3 is 2.77 bits per heavy atom. The van der Waals surface area contributed by atoms with E-state index in [1.807, 2.05) is 12.1 Å². The van der Waals surface area contributed by atoms with Crippen molar-refractivity contribution in [2.45, 2.75) is 51.7 Å². The Balaban J connectivity index is 1.62. The van der Waals surface area contributed by atoms with Gasteiger partial charge in [-0.2, -0.15) is 0 Å². The van der Waals surface area contributed by atoms with E-state index >= 15 is 0 Å². The number of hydrogen-bond acceptors (Lipinski definition) is 4. The lowest BCUT2D eigenvalue weighted by atomic mass is 9.73. The van der Waals surface area contributed by atoms with E-state index in [1.54, 1.807) is 6.26 Å². The summed E-state index contributed by atoms with van der Waals surface area (Å²) >= 11 is 0. The monoisotopic (exact) mass is 306 g/mol.